The molecule has 1 heterocycles. The molecular weight excluding hydrogens is 466 g/mol. The number of rotatable bonds is 11. The molecular formula is C30H35N3O4. The first-order valence-electron chi connectivity index (χ1n) is 12.6. The molecule has 37 heavy (non-hydrogen) atoms. The van der Waals surface area contributed by atoms with Gasteiger partial charge in [-0.2, -0.15) is 0 Å². The Morgan fingerprint density at radius 3 is 2.38 bits per heavy atom. The highest BCUT2D eigenvalue weighted by molar-refractivity contribution is 5.80. The summed E-state index contributed by atoms with van der Waals surface area (Å²) in [6.45, 7) is 7.40. The molecule has 0 spiro atoms. The second-order valence-electron chi connectivity index (χ2n) is 9.34. The maximum absolute atomic E-state index is 12.9. The number of ether oxygens (including phenoxy) is 3. The molecule has 7 nitrogen and oxygen atoms in total. The number of carbonyl (C=O) groups is 1. The molecule has 0 radical (unpaired) electrons. The van der Waals surface area contributed by atoms with Crippen LogP contribution in [0.2, 0.25) is 0 Å². The van der Waals surface area contributed by atoms with Crippen molar-refractivity contribution < 1.29 is 19.0 Å². The Hall–Kier alpha value is -4.00. The van der Waals surface area contributed by atoms with E-state index in [4.69, 9.17) is 19.2 Å². The standard InChI is InChI=1S/C30H35N3O4/c1-20(2)23-11-13-24(14-12-23)37-17-16-33-26-9-7-6-8-25(26)32-30(33)21(3)31-29(34)19-22-10-15-27(35-4)28(18-22)36-5/h6-15,18,20-21H,16-17,19H2,1-5H3,(H,31,34). The van der Waals surface area contributed by atoms with Crippen LogP contribution in [-0.2, 0) is 17.8 Å². The monoisotopic (exact) mass is 501 g/mol. The lowest BCUT2D eigenvalue weighted by molar-refractivity contribution is -0.121. The Kier molecular flexibility index (Phi) is 8.33. The van der Waals surface area contributed by atoms with Crippen molar-refractivity contribution in [2.75, 3.05) is 20.8 Å². The van der Waals surface area contributed by atoms with Crippen LogP contribution in [-0.4, -0.2) is 36.3 Å². The van der Waals surface area contributed by atoms with Gasteiger partial charge in [-0.25, -0.2) is 4.98 Å². The fraction of sp³-hybridized carbons (Fsp3) is 0.333. The molecule has 0 aliphatic heterocycles. The number of amides is 1. The number of benzene rings is 3. The Labute approximate surface area is 218 Å². The number of aromatic nitrogens is 2. The Balaban J connectivity index is 1.45. The number of imidazole rings is 1. The molecule has 1 N–H and O–H groups in total. The van der Waals surface area contributed by atoms with E-state index in [1.165, 1.54) is 5.56 Å². The molecule has 0 saturated heterocycles. The maximum Gasteiger partial charge on any atom is 0.224 e. The highest BCUT2D eigenvalue weighted by Crippen LogP contribution is 2.28. The molecule has 1 amide bonds. The third kappa shape index (κ3) is 6.23. The average molecular weight is 502 g/mol. The number of nitrogens with zero attached hydrogens (tertiary/aromatic N) is 2. The number of para-hydroxylation sites is 2. The second kappa shape index (κ2) is 11.8. The third-order valence-electron chi connectivity index (χ3n) is 6.39. The fourth-order valence-corrected chi connectivity index (χ4v) is 4.40. The molecule has 3 aromatic carbocycles. The first-order chi connectivity index (χ1) is 17.9. The van der Waals surface area contributed by atoms with Crippen molar-refractivity contribution in [2.24, 2.45) is 0 Å². The summed E-state index contributed by atoms with van der Waals surface area (Å²) >= 11 is 0. The van der Waals surface area contributed by atoms with Gasteiger partial charge in [-0.3, -0.25) is 4.79 Å². The van der Waals surface area contributed by atoms with Crippen LogP contribution in [0.15, 0.2) is 66.7 Å². The van der Waals surface area contributed by atoms with E-state index in [-0.39, 0.29) is 18.4 Å². The Morgan fingerprint density at radius 2 is 1.68 bits per heavy atom. The number of methoxy groups -OCH3 is 2. The Morgan fingerprint density at radius 1 is 0.946 bits per heavy atom. The minimum atomic E-state index is -0.287. The van der Waals surface area contributed by atoms with E-state index in [2.05, 4.69) is 35.9 Å². The smallest absolute Gasteiger partial charge is 0.224 e. The molecule has 0 fully saturated rings. The lowest BCUT2D eigenvalue weighted by Gasteiger charge is -2.17. The van der Waals surface area contributed by atoms with Crippen molar-refractivity contribution in [1.29, 1.82) is 0 Å². The SMILES string of the molecule is COc1ccc(CC(=O)NC(C)c2nc3ccccc3n2CCOc2ccc(C(C)C)cc2)cc1OC. The first-order valence-corrected chi connectivity index (χ1v) is 12.6. The van der Waals surface area contributed by atoms with Crippen molar-refractivity contribution in [1.82, 2.24) is 14.9 Å². The predicted octanol–water partition coefficient (Wildman–Crippen LogP) is 5.68. The average Bonchev–Trinajstić information content (AvgIpc) is 3.27. The van der Waals surface area contributed by atoms with Crippen LogP contribution in [0.1, 0.15) is 49.7 Å². The second-order valence-corrected chi connectivity index (χ2v) is 9.34. The number of fused-ring (bicyclic) bond motifs is 1. The van der Waals surface area contributed by atoms with E-state index < -0.39 is 0 Å². The van der Waals surface area contributed by atoms with Crippen molar-refractivity contribution >= 4 is 16.9 Å². The van der Waals surface area contributed by atoms with Gasteiger partial charge in [0.25, 0.3) is 0 Å². The molecule has 4 aromatic rings. The lowest BCUT2D eigenvalue weighted by Crippen LogP contribution is -2.30. The fourth-order valence-electron chi connectivity index (χ4n) is 4.40. The number of hydrogen-bond donors (Lipinski definition) is 1. The van der Waals surface area contributed by atoms with Gasteiger partial charge in [-0.05, 0) is 60.4 Å². The van der Waals surface area contributed by atoms with Gasteiger partial charge in [0.1, 0.15) is 18.2 Å². The van der Waals surface area contributed by atoms with Crippen LogP contribution >= 0.6 is 0 Å². The van der Waals surface area contributed by atoms with Gasteiger partial charge in [-0.1, -0.05) is 44.2 Å². The zero-order valence-electron chi connectivity index (χ0n) is 22.2. The third-order valence-corrected chi connectivity index (χ3v) is 6.39. The van der Waals surface area contributed by atoms with Gasteiger partial charge < -0.3 is 24.1 Å². The molecule has 1 aromatic heterocycles. The van der Waals surface area contributed by atoms with Crippen molar-refractivity contribution in [2.45, 2.75) is 45.7 Å². The molecule has 194 valence electrons. The number of carbonyl (C=O) groups excluding carboxylic acids is 1. The van der Waals surface area contributed by atoms with Gasteiger partial charge in [-0.15, -0.1) is 0 Å². The van der Waals surface area contributed by atoms with Crippen molar-refractivity contribution in [3.8, 4) is 17.2 Å². The van der Waals surface area contributed by atoms with E-state index in [0.29, 0.717) is 30.6 Å². The first kappa shape index (κ1) is 26.1. The highest BCUT2D eigenvalue weighted by atomic mass is 16.5. The molecule has 4 rings (SSSR count). The van der Waals surface area contributed by atoms with Gasteiger partial charge in [0.2, 0.25) is 5.91 Å². The molecule has 7 heteroatoms. The zero-order chi connectivity index (χ0) is 26.4. The zero-order valence-corrected chi connectivity index (χ0v) is 22.2. The summed E-state index contributed by atoms with van der Waals surface area (Å²) in [5.41, 5.74) is 4.03. The van der Waals surface area contributed by atoms with Crippen molar-refractivity contribution in [3.63, 3.8) is 0 Å². The number of nitrogens with one attached hydrogen (secondary N) is 1. The molecule has 0 saturated carbocycles. The minimum absolute atomic E-state index is 0.0974. The molecule has 0 aliphatic rings. The summed E-state index contributed by atoms with van der Waals surface area (Å²) in [5, 5.41) is 3.10. The van der Waals surface area contributed by atoms with Crippen LogP contribution < -0.4 is 19.5 Å². The normalized spacial score (nSPS) is 11.9. The van der Waals surface area contributed by atoms with Gasteiger partial charge >= 0.3 is 0 Å². The summed E-state index contributed by atoms with van der Waals surface area (Å²) in [5.74, 6) is 3.25. The van der Waals surface area contributed by atoms with Gasteiger partial charge in [0.05, 0.1) is 44.3 Å². The maximum atomic E-state index is 12.9. The molecule has 0 bridgehead atoms. The van der Waals surface area contributed by atoms with E-state index in [1.54, 1.807) is 20.3 Å². The van der Waals surface area contributed by atoms with Crippen LogP contribution in [0.25, 0.3) is 11.0 Å². The van der Waals surface area contributed by atoms with Gasteiger partial charge in [0.15, 0.2) is 11.5 Å². The molecule has 0 aliphatic carbocycles. The van der Waals surface area contributed by atoms with Crippen LogP contribution in [0.3, 0.4) is 0 Å². The van der Waals surface area contributed by atoms with Crippen LogP contribution in [0.4, 0.5) is 0 Å². The van der Waals surface area contributed by atoms with E-state index in [9.17, 15) is 4.79 Å². The predicted molar refractivity (Wildman–Crippen MR) is 146 cm³/mol. The van der Waals surface area contributed by atoms with E-state index in [1.807, 2.05) is 55.5 Å². The van der Waals surface area contributed by atoms with E-state index >= 15 is 0 Å². The topological polar surface area (TPSA) is 74.6 Å². The molecule has 1 atom stereocenters. The van der Waals surface area contributed by atoms with Gasteiger partial charge in [0, 0.05) is 0 Å². The summed E-state index contributed by atoms with van der Waals surface area (Å²) in [6, 6.07) is 21.4. The van der Waals surface area contributed by atoms with E-state index in [0.717, 1.165) is 28.2 Å². The quantitative estimate of drug-likeness (QED) is 0.286. The summed E-state index contributed by atoms with van der Waals surface area (Å²) in [7, 11) is 3.17. The summed E-state index contributed by atoms with van der Waals surface area (Å²) in [4.78, 5) is 17.7. The molecule has 1 unspecified atom stereocenters. The lowest BCUT2D eigenvalue weighted by atomic mass is 10.0. The van der Waals surface area contributed by atoms with Crippen LogP contribution in [0, 0.1) is 0 Å². The number of hydrogen-bond acceptors (Lipinski definition) is 5. The summed E-state index contributed by atoms with van der Waals surface area (Å²) < 4.78 is 18.8. The van der Waals surface area contributed by atoms with Crippen LogP contribution in [0.5, 0.6) is 17.2 Å². The largest absolute Gasteiger partial charge is 0.493 e. The Bertz CT molecular complexity index is 1340. The highest BCUT2D eigenvalue weighted by Gasteiger charge is 2.19. The minimum Gasteiger partial charge on any atom is -0.493 e. The summed E-state index contributed by atoms with van der Waals surface area (Å²) in [6.07, 6.45) is 0.223. The van der Waals surface area contributed by atoms with Crippen molar-refractivity contribution in [3.05, 3.63) is 83.7 Å².